The molecule has 0 saturated carbocycles. The van der Waals surface area contributed by atoms with Crippen LogP contribution in [-0.2, 0) is 19.6 Å². The van der Waals surface area contributed by atoms with Crippen LogP contribution in [0.2, 0.25) is 0 Å². The molecule has 0 heterocycles. The minimum absolute atomic E-state index is 0. The maximum absolute atomic E-state index is 11.7. The van der Waals surface area contributed by atoms with E-state index in [1.165, 1.54) is 19.9 Å². The van der Waals surface area contributed by atoms with Crippen LogP contribution in [0.25, 0.3) is 0 Å². The van der Waals surface area contributed by atoms with Crippen LogP contribution in [0.4, 0.5) is 0 Å². The average Bonchev–Trinajstić information content (AvgIpc) is 2.37. The Kier molecular flexibility index (Phi) is 8.12. The second-order valence-corrected chi connectivity index (χ2v) is 4.89. The Morgan fingerprint density at radius 1 is 1.05 bits per heavy atom. The molecular formula is C12H13NaO7S. The Bertz CT molecular complexity index is 588. The minimum Gasteiger partial charge on any atom is -0.744 e. The van der Waals surface area contributed by atoms with Crippen LogP contribution in [0.1, 0.15) is 34.6 Å². The number of benzene rings is 1. The van der Waals surface area contributed by atoms with E-state index in [9.17, 15) is 22.6 Å². The van der Waals surface area contributed by atoms with Crippen molar-refractivity contribution in [3.63, 3.8) is 0 Å². The first kappa shape index (κ1) is 20.1. The van der Waals surface area contributed by atoms with Gasteiger partial charge in [-0.2, -0.15) is 0 Å². The quantitative estimate of drug-likeness (QED) is 0.348. The zero-order chi connectivity index (χ0) is 15.3. The fraction of sp³-hybridized carbons (Fsp3) is 0.333. The first-order valence-corrected chi connectivity index (χ1v) is 7.16. The molecule has 0 radical (unpaired) electrons. The van der Waals surface area contributed by atoms with E-state index >= 15 is 0 Å². The Morgan fingerprint density at radius 2 is 1.43 bits per heavy atom. The minimum atomic E-state index is -5.04. The van der Waals surface area contributed by atoms with Crippen LogP contribution >= 0.6 is 0 Å². The molecule has 0 saturated heterocycles. The van der Waals surface area contributed by atoms with Gasteiger partial charge < -0.3 is 14.0 Å². The van der Waals surface area contributed by atoms with Gasteiger partial charge in [-0.3, -0.25) is 0 Å². The van der Waals surface area contributed by atoms with E-state index in [1.807, 2.05) is 0 Å². The van der Waals surface area contributed by atoms with Crippen molar-refractivity contribution in [3.8, 4) is 0 Å². The SMILES string of the molecule is CCOC(=O)c1cccc(C(=O)OCC)c1S(=O)(=O)[O-].[Na+]. The van der Waals surface area contributed by atoms with Gasteiger partial charge in [-0.15, -0.1) is 0 Å². The molecule has 0 aliphatic rings. The molecule has 0 unspecified atom stereocenters. The van der Waals surface area contributed by atoms with E-state index in [2.05, 4.69) is 9.47 Å². The number of carbonyl (C=O) groups is 2. The summed E-state index contributed by atoms with van der Waals surface area (Å²) >= 11 is 0. The van der Waals surface area contributed by atoms with Gasteiger partial charge in [-0.05, 0) is 26.0 Å². The molecule has 0 bridgehead atoms. The van der Waals surface area contributed by atoms with E-state index in [0.29, 0.717) is 0 Å². The Balaban J connectivity index is 0.00000400. The topological polar surface area (TPSA) is 110 Å². The first-order valence-electron chi connectivity index (χ1n) is 5.76. The van der Waals surface area contributed by atoms with Crippen molar-refractivity contribution >= 4 is 22.1 Å². The first-order chi connectivity index (χ1) is 9.32. The standard InChI is InChI=1S/C12H14O7S.Na/c1-3-18-11(13)8-6-5-7-9(12(14)19-4-2)10(8)20(15,16)17;/h5-7H,3-4H2,1-2H3,(H,15,16,17);/q;+1/p-1. The Morgan fingerprint density at radius 3 is 1.71 bits per heavy atom. The number of ether oxygens (including phenoxy) is 2. The van der Waals surface area contributed by atoms with Crippen molar-refractivity contribution in [2.45, 2.75) is 18.7 Å². The molecule has 0 fully saturated rings. The molecule has 0 amide bonds. The van der Waals surface area contributed by atoms with Gasteiger partial charge in [0.25, 0.3) is 0 Å². The van der Waals surface area contributed by atoms with Gasteiger partial charge in [-0.1, -0.05) is 6.07 Å². The Labute approximate surface area is 144 Å². The molecule has 0 atom stereocenters. The maximum Gasteiger partial charge on any atom is 1.00 e. The van der Waals surface area contributed by atoms with Gasteiger partial charge in [0.1, 0.15) is 10.1 Å². The maximum atomic E-state index is 11.7. The molecule has 1 aromatic rings. The van der Waals surface area contributed by atoms with Crippen molar-refractivity contribution in [1.29, 1.82) is 0 Å². The summed E-state index contributed by atoms with van der Waals surface area (Å²) < 4.78 is 43.3. The average molecular weight is 324 g/mol. The van der Waals surface area contributed by atoms with Gasteiger partial charge in [0.05, 0.1) is 29.2 Å². The van der Waals surface area contributed by atoms with E-state index in [4.69, 9.17) is 0 Å². The second-order valence-electron chi connectivity index (χ2n) is 3.58. The van der Waals surface area contributed by atoms with Crippen molar-refractivity contribution in [1.82, 2.24) is 0 Å². The fourth-order valence-corrected chi connectivity index (χ4v) is 2.39. The second kappa shape index (κ2) is 8.50. The molecule has 0 N–H and O–H groups in total. The van der Waals surface area contributed by atoms with Crippen molar-refractivity contribution < 1.29 is 61.6 Å². The zero-order valence-corrected chi connectivity index (χ0v) is 14.7. The monoisotopic (exact) mass is 324 g/mol. The van der Waals surface area contributed by atoms with Gasteiger partial charge >= 0.3 is 41.5 Å². The molecule has 7 nitrogen and oxygen atoms in total. The van der Waals surface area contributed by atoms with E-state index < -0.39 is 38.1 Å². The number of esters is 2. The van der Waals surface area contributed by atoms with Gasteiger partial charge in [0.15, 0.2) is 0 Å². The summed E-state index contributed by atoms with van der Waals surface area (Å²) in [4.78, 5) is 22.4. The molecule has 0 spiro atoms. The van der Waals surface area contributed by atoms with Gasteiger partial charge in [0, 0.05) is 0 Å². The molecule has 9 heteroatoms. The van der Waals surface area contributed by atoms with Crippen LogP contribution in [0.5, 0.6) is 0 Å². The molecule has 0 aliphatic carbocycles. The van der Waals surface area contributed by atoms with Gasteiger partial charge in [0.2, 0.25) is 0 Å². The number of rotatable bonds is 5. The summed E-state index contributed by atoms with van der Waals surface area (Å²) in [6.45, 7) is 3.05. The predicted molar refractivity (Wildman–Crippen MR) is 66.3 cm³/mol. The summed E-state index contributed by atoms with van der Waals surface area (Å²) in [6.07, 6.45) is 0. The third-order valence-corrected chi connectivity index (χ3v) is 3.20. The molecule has 21 heavy (non-hydrogen) atoms. The van der Waals surface area contributed by atoms with Crippen LogP contribution in [0.15, 0.2) is 23.1 Å². The van der Waals surface area contributed by atoms with Crippen LogP contribution in [-0.4, -0.2) is 38.1 Å². The van der Waals surface area contributed by atoms with Crippen molar-refractivity contribution in [2.24, 2.45) is 0 Å². The van der Waals surface area contributed by atoms with E-state index in [0.717, 1.165) is 12.1 Å². The summed E-state index contributed by atoms with van der Waals surface area (Å²) in [7, 11) is -5.04. The number of hydrogen-bond donors (Lipinski definition) is 0. The summed E-state index contributed by atoms with van der Waals surface area (Å²) in [5.41, 5.74) is -0.959. The van der Waals surface area contributed by atoms with Crippen LogP contribution in [0, 0.1) is 0 Å². The molecule has 0 aliphatic heterocycles. The van der Waals surface area contributed by atoms with Crippen molar-refractivity contribution in [3.05, 3.63) is 29.3 Å². The molecular weight excluding hydrogens is 311 g/mol. The number of hydrogen-bond acceptors (Lipinski definition) is 7. The largest absolute Gasteiger partial charge is 1.00 e. The smallest absolute Gasteiger partial charge is 0.744 e. The van der Waals surface area contributed by atoms with Crippen LogP contribution in [0.3, 0.4) is 0 Å². The third kappa shape index (κ3) is 5.08. The van der Waals surface area contributed by atoms with E-state index in [1.54, 1.807) is 0 Å². The molecule has 110 valence electrons. The normalized spacial score (nSPS) is 10.4. The Hall–Kier alpha value is -0.930. The summed E-state index contributed by atoms with van der Waals surface area (Å²) in [5, 5.41) is 0. The predicted octanol–water partition coefficient (Wildman–Crippen LogP) is -2.05. The van der Waals surface area contributed by atoms with E-state index in [-0.39, 0.29) is 42.8 Å². The van der Waals surface area contributed by atoms with Gasteiger partial charge in [-0.25, -0.2) is 18.0 Å². The third-order valence-electron chi connectivity index (χ3n) is 2.26. The summed E-state index contributed by atoms with van der Waals surface area (Å²) in [6, 6.07) is 3.48. The van der Waals surface area contributed by atoms with Crippen LogP contribution < -0.4 is 29.6 Å². The van der Waals surface area contributed by atoms with Crippen molar-refractivity contribution in [2.75, 3.05) is 13.2 Å². The molecule has 1 rings (SSSR count). The zero-order valence-electron chi connectivity index (χ0n) is 11.9. The summed E-state index contributed by atoms with van der Waals surface area (Å²) in [5.74, 6) is -1.99. The number of carbonyl (C=O) groups excluding carboxylic acids is 2. The molecule has 0 aromatic heterocycles. The molecule has 1 aromatic carbocycles. The fourth-order valence-electron chi connectivity index (χ4n) is 1.55.